The predicted octanol–water partition coefficient (Wildman–Crippen LogP) is 1.36. The molecule has 0 aliphatic carbocycles. The van der Waals surface area contributed by atoms with Crippen LogP contribution in [0.2, 0.25) is 0 Å². The van der Waals surface area contributed by atoms with Crippen LogP contribution in [0, 0.1) is 10.1 Å². The fourth-order valence-electron chi connectivity index (χ4n) is 1.73. The Bertz CT molecular complexity index is 660. The quantitative estimate of drug-likeness (QED) is 0.634. The van der Waals surface area contributed by atoms with Gasteiger partial charge in [-0.2, -0.15) is 0 Å². The molecule has 0 fully saturated rings. The lowest BCUT2D eigenvalue weighted by Gasteiger charge is -2.08. The average molecular weight is 287 g/mol. The summed E-state index contributed by atoms with van der Waals surface area (Å²) in [5.41, 5.74) is 1.10. The molecule has 0 spiro atoms. The van der Waals surface area contributed by atoms with Crippen LogP contribution in [0.1, 0.15) is 16.1 Å². The van der Waals surface area contributed by atoms with Crippen molar-refractivity contribution in [1.29, 1.82) is 0 Å². The van der Waals surface area contributed by atoms with E-state index in [1.807, 2.05) is 0 Å². The van der Waals surface area contributed by atoms with Gasteiger partial charge in [-0.25, -0.2) is 9.97 Å². The van der Waals surface area contributed by atoms with Gasteiger partial charge in [-0.1, -0.05) is 0 Å². The molecule has 2 N–H and O–H groups in total. The number of nitrogens with zero attached hydrogens (tertiary/aromatic N) is 3. The van der Waals surface area contributed by atoms with Crippen LogP contribution in [0.4, 0.5) is 11.4 Å². The molecule has 0 saturated heterocycles. The summed E-state index contributed by atoms with van der Waals surface area (Å²) in [5, 5.41) is 16.5. The Morgan fingerprint density at radius 3 is 2.81 bits per heavy atom. The summed E-state index contributed by atoms with van der Waals surface area (Å²) in [6, 6.07) is 5.97. The number of carbonyl (C=O) groups is 1. The molecule has 2 aromatic rings. The molecule has 21 heavy (non-hydrogen) atoms. The lowest BCUT2D eigenvalue weighted by molar-refractivity contribution is -0.384. The summed E-state index contributed by atoms with van der Waals surface area (Å²) in [6.07, 6.45) is 2.99. The van der Waals surface area contributed by atoms with Gasteiger partial charge in [0, 0.05) is 24.9 Å². The Morgan fingerprint density at radius 2 is 2.19 bits per heavy atom. The minimum Gasteiger partial charge on any atom is -0.374 e. The second-order valence-corrected chi connectivity index (χ2v) is 4.12. The Labute approximate surface area is 120 Å². The lowest BCUT2D eigenvalue weighted by atomic mass is 10.1. The van der Waals surface area contributed by atoms with Gasteiger partial charge in [0.2, 0.25) is 0 Å². The first-order chi connectivity index (χ1) is 10.1. The predicted molar refractivity (Wildman–Crippen MR) is 75.8 cm³/mol. The summed E-state index contributed by atoms with van der Waals surface area (Å²) < 4.78 is 0. The first-order valence-corrected chi connectivity index (χ1v) is 6.11. The maximum Gasteiger partial charge on any atom is 0.293 e. The van der Waals surface area contributed by atoms with Crippen molar-refractivity contribution < 1.29 is 9.72 Å². The zero-order valence-electron chi connectivity index (χ0n) is 11.2. The summed E-state index contributed by atoms with van der Waals surface area (Å²) in [5.74, 6) is -0.375. The van der Waals surface area contributed by atoms with Gasteiger partial charge < -0.3 is 10.6 Å². The minimum atomic E-state index is -0.533. The van der Waals surface area contributed by atoms with Crippen LogP contribution in [-0.2, 0) is 6.54 Å². The third kappa shape index (κ3) is 3.50. The van der Waals surface area contributed by atoms with Crippen LogP contribution in [0.5, 0.6) is 0 Å². The number of aromatic nitrogens is 2. The second-order valence-electron chi connectivity index (χ2n) is 4.12. The van der Waals surface area contributed by atoms with Gasteiger partial charge in [-0.15, -0.1) is 0 Å². The summed E-state index contributed by atoms with van der Waals surface area (Å²) in [7, 11) is 1.47. The number of nitro groups is 1. The van der Waals surface area contributed by atoms with Gasteiger partial charge >= 0.3 is 0 Å². The second kappa shape index (κ2) is 6.42. The van der Waals surface area contributed by atoms with Crippen LogP contribution in [-0.4, -0.2) is 27.8 Å². The van der Waals surface area contributed by atoms with Gasteiger partial charge in [0.05, 0.1) is 17.2 Å². The van der Waals surface area contributed by atoms with Gasteiger partial charge in [0.15, 0.2) is 0 Å². The standard InChI is InChI=1S/C13H13N5O3/c1-14-13(19)9-2-3-11(12(6-9)18(20)21)16-7-10-4-5-15-8-17-10/h2-6,8,16H,7H2,1H3,(H,14,19). The van der Waals surface area contributed by atoms with E-state index < -0.39 is 4.92 Å². The molecule has 0 atom stereocenters. The smallest absolute Gasteiger partial charge is 0.293 e. The molecule has 1 heterocycles. The van der Waals surface area contributed by atoms with Gasteiger partial charge in [0.25, 0.3) is 11.6 Å². The molecule has 1 aromatic heterocycles. The first kappa shape index (κ1) is 14.4. The molecule has 1 aromatic carbocycles. The number of hydrogen-bond donors (Lipinski definition) is 2. The number of nitrogens with one attached hydrogen (secondary N) is 2. The molecule has 0 aliphatic rings. The van der Waals surface area contributed by atoms with Crippen molar-refractivity contribution in [1.82, 2.24) is 15.3 Å². The molecule has 0 radical (unpaired) electrons. The molecule has 0 bridgehead atoms. The van der Waals surface area contributed by atoms with Crippen molar-refractivity contribution in [2.24, 2.45) is 0 Å². The largest absolute Gasteiger partial charge is 0.374 e. The Morgan fingerprint density at radius 1 is 1.38 bits per heavy atom. The zero-order chi connectivity index (χ0) is 15.2. The Kier molecular flexibility index (Phi) is 4.39. The highest BCUT2D eigenvalue weighted by Crippen LogP contribution is 2.26. The first-order valence-electron chi connectivity index (χ1n) is 6.11. The van der Waals surface area contributed by atoms with E-state index in [0.29, 0.717) is 17.9 Å². The highest BCUT2D eigenvalue weighted by Gasteiger charge is 2.17. The highest BCUT2D eigenvalue weighted by atomic mass is 16.6. The van der Waals surface area contributed by atoms with Gasteiger partial charge in [-0.3, -0.25) is 14.9 Å². The molecule has 8 nitrogen and oxygen atoms in total. The molecular formula is C13H13N5O3. The van der Waals surface area contributed by atoms with Crippen LogP contribution in [0.15, 0.2) is 36.8 Å². The molecule has 108 valence electrons. The Hall–Kier alpha value is -3.03. The fourth-order valence-corrected chi connectivity index (χ4v) is 1.73. The summed E-state index contributed by atoms with van der Waals surface area (Å²) in [4.78, 5) is 29.9. The Balaban J connectivity index is 2.22. The van der Waals surface area contributed by atoms with E-state index in [1.165, 1.54) is 31.6 Å². The monoisotopic (exact) mass is 287 g/mol. The van der Waals surface area contributed by atoms with E-state index in [1.54, 1.807) is 12.3 Å². The number of amides is 1. The summed E-state index contributed by atoms with van der Waals surface area (Å²) >= 11 is 0. The van der Waals surface area contributed by atoms with Crippen LogP contribution >= 0.6 is 0 Å². The van der Waals surface area contributed by atoms with Crippen LogP contribution in [0.25, 0.3) is 0 Å². The number of anilines is 1. The number of carbonyl (C=O) groups excluding carboxylic acids is 1. The molecule has 0 unspecified atom stereocenters. The zero-order valence-corrected chi connectivity index (χ0v) is 11.2. The molecule has 2 rings (SSSR count). The van der Waals surface area contributed by atoms with Crippen molar-refractivity contribution in [3.8, 4) is 0 Å². The van der Waals surface area contributed by atoms with Gasteiger partial charge in [-0.05, 0) is 18.2 Å². The van der Waals surface area contributed by atoms with Gasteiger partial charge in [0.1, 0.15) is 12.0 Å². The number of rotatable bonds is 5. The number of hydrogen-bond acceptors (Lipinski definition) is 6. The van der Waals surface area contributed by atoms with E-state index >= 15 is 0 Å². The topological polar surface area (TPSA) is 110 Å². The lowest BCUT2D eigenvalue weighted by Crippen LogP contribution is -2.18. The maximum atomic E-state index is 11.5. The third-order valence-electron chi connectivity index (χ3n) is 2.79. The maximum absolute atomic E-state index is 11.5. The summed E-state index contributed by atoms with van der Waals surface area (Å²) in [6.45, 7) is 0.322. The van der Waals surface area contributed by atoms with Crippen LogP contribution < -0.4 is 10.6 Å². The average Bonchev–Trinajstić information content (AvgIpc) is 2.52. The van der Waals surface area contributed by atoms with Crippen molar-refractivity contribution in [2.45, 2.75) is 6.54 Å². The van der Waals surface area contributed by atoms with Crippen molar-refractivity contribution in [3.63, 3.8) is 0 Å². The normalized spacial score (nSPS) is 9.95. The van der Waals surface area contributed by atoms with Crippen LogP contribution in [0.3, 0.4) is 0 Å². The molecule has 8 heteroatoms. The van der Waals surface area contributed by atoms with E-state index in [9.17, 15) is 14.9 Å². The van der Waals surface area contributed by atoms with E-state index in [4.69, 9.17) is 0 Å². The van der Waals surface area contributed by atoms with Crippen molar-refractivity contribution in [2.75, 3.05) is 12.4 Å². The minimum absolute atomic E-state index is 0.162. The molecule has 0 aliphatic heterocycles. The van der Waals surface area contributed by atoms with Crippen molar-refractivity contribution >= 4 is 17.3 Å². The number of nitro benzene ring substituents is 1. The van der Waals surface area contributed by atoms with E-state index in [-0.39, 0.29) is 17.2 Å². The number of benzene rings is 1. The molecule has 0 saturated carbocycles. The third-order valence-corrected chi connectivity index (χ3v) is 2.79. The molecular weight excluding hydrogens is 274 g/mol. The molecule has 1 amide bonds. The van der Waals surface area contributed by atoms with E-state index in [0.717, 1.165) is 0 Å². The highest BCUT2D eigenvalue weighted by molar-refractivity contribution is 5.95. The fraction of sp³-hybridized carbons (Fsp3) is 0.154. The van der Waals surface area contributed by atoms with E-state index in [2.05, 4.69) is 20.6 Å². The van der Waals surface area contributed by atoms with Crippen molar-refractivity contribution in [3.05, 3.63) is 58.2 Å². The SMILES string of the molecule is CNC(=O)c1ccc(NCc2ccncn2)c([N+](=O)[O-])c1.